The average molecular weight is 301 g/mol. The molecule has 2 atom stereocenters. The number of benzene rings is 2. The molecule has 1 aliphatic heterocycles. The van der Waals surface area contributed by atoms with Gasteiger partial charge in [-0.3, -0.25) is 10.1 Å². The van der Waals surface area contributed by atoms with Crippen LogP contribution in [-0.4, -0.2) is 5.91 Å². The Bertz CT molecular complexity index is 671. The number of fused-ring (bicyclic) bond motifs is 1. The van der Waals surface area contributed by atoms with Gasteiger partial charge in [0.2, 0.25) is 5.91 Å². The number of carbonyl (C=O) groups is 1. The van der Waals surface area contributed by atoms with E-state index in [2.05, 4.69) is 17.6 Å². The monoisotopic (exact) mass is 300 g/mol. The third-order valence-corrected chi connectivity index (χ3v) is 4.05. The van der Waals surface area contributed by atoms with E-state index in [0.29, 0.717) is 5.02 Å². The zero-order valence-corrected chi connectivity index (χ0v) is 12.5. The van der Waals surface area contributed by atoms with Crippen LogP contribution in [0.2, 0.25) is 5.02 Å². The highest BCUT2D eigenvalue weighted by Crippen LogP contribution is 2.33. The van der Waals surface area contributed by atoms with Gasteiger partial charge in [0.05, 0.1) is 0 Å². The van der Waals surface area contributed by atoms with E-state index in [9.17, 15) is 4.79 Å². The maximum absolute atomic E-state index is 12.2. The quantitative estimate of drug-likeness (QED) is 0.893. The lowest BCUT2D eigenvalue weighted by Gasteiger charge is -2.21. The van der Waals surface area contributed by atoms with Crippen LogP contribution >= 0.6 is 11.6 Å². The molecule has 3 rings (SSSR count). The van der Waals surface area contributed by atoms with E-state index in [1.807, 2.05) is 48.5 Å². The molecule has 0 saturated heterocycles. The first-order chi connectivity index (χ1) is 10.2. The minimum Gasteiger partial charge on any atom is -0.324 e. The van der Waals surface area contributed by atoms with Crippen molar-refractivity contribution in [2.24, 2.45) is 0 Å². The van der Waals surface area contributed by atoms with Crippen LogP contribution in [0.3, 0.4) is 0 Å². The van der Waals surface area contributed by atoms with Crippen molar-refractivity contribution >= 4 is 23.2 Å². The fourth-order valence-corrected chi connectivity index (χ4v) is 2.95. The molecular formula is C17H17ClN2O. The molecule has 0 aromatic heterocycles. The van der Waals surface area contributed by atoms with E-state index in [-0.39, 0.29) is 18.0 Å². The van der Waals surface area contributed by atoms with Crippen LogP contribution in [0.15, 0.2) is 48.5 Å². The van der Waals surface area contributed by atoms with E-state index in [1.165, 1.54) is 0 Å². The van der Waals surface area contributed by atoms with Crippen molar-refractivity contribution in [3.05, 3.63) is 64.7 Å². The first-order valence-corrected chi connectivity index (χ1v) is 7.48. The molecule has 21 heavy (non-hydrogen) atoms. The lowest BCUT2D eigenvalue weighted by atomic mass is 10.0. The van der Waals surface area contributed by atoms with E-state index in [1.54, 1.807) is 0 Å². The maximum Gasteiger partial charge on any atom is 0.246 e. The van der Waals surface area contributed by atoms with E-state index in [0.717, 1.165) is 23.2 Å². The van der Waals surface area contributed by atoms with Gasteiger partial charge in [-0.05, 0) is 30.2 Å². The van der Waals surface area contributed by atoms with Gasteiger partial charge >= 0.3 is 0 Å². The fraction of sp³-hybridized carbons (Fsp3) is 0.235. The molecule has 0 spiro atoms. The molecule has 1 amide bonds. The Morgan fingerprint density at radius 3 is 2.81 bits per heavy atom. The Balaban J connectivity index is 1.86. The standard InChI is InChI=1S/C17H17ClN2O/c1-2-14(11-6-5-7-12(18)10-11)19-16-13-8-3-4-9-15(13)20-17(16)21/h3-10,14,16,19H,2H2,1H3,(H,20,21). The highest BCUT2D eigenvalue weighted by molar-refractivity contribution is 6.30. The van der Waals surface area contributed by atoms with Gasteiger partial charge in [-0.25, -0.2) is 0 Å². The SMILES string of the molecule is CCC(NC1C(=O)Nc2ccccc21)c1cccc(Cl)c1. The minimum atomic E-state index is -0.315. The molecule has 2 N–H and O–H groups in total. The smallest absolute Gasteiger partial charge is 0.246 e. The molecular weight excluding hydrogens is 284 g/mol. The molecule has 2 unspecified atom stereocenters. The topological polar surface area (TPSA) is 41.1 Å². The molecule has 1 aliphatic rings. The van der Waals surface area contributed by atoms with Gasteiger partial charge in [-0.1, -0.05) is 48.9 Å². The summed E-state index contributed by atoms with van der Waals surface area (Å²) in [7, 11) is 0. The van der Waals surface area contributed by atoms with Crippen LogP contribution in [0.5, 0.6) is 0 Å². The number of anilines is 1. The van der Waals surface area contributed by atoms with Crippen molar-refractivity contribution < 1.29 is 4.79 Å². The summed E-state index contributed by atoms with van der Waals surface area (Å²) in [5.74, 6) is -0.00308. The third kappa shape index (κ3) is 2.80. The Hall–Kier alpha value is -1.84. The lowest BCUT2D eigenvalue weighted by molar-refractivity contribution is -0.117. The molecule has 0 saturated carbocycles. The van der Waals surface area contributed by atoms with Crippen molar-refractivity contribution in [1.82, 2.24) is 5.32 Å². The highest BCUT2D eigenvalue weighted by Gasteiger charge is 2.31. The van der Waals surface area contributed by atoms with Crippen molar-refractivity contribution in [3.8, 4) is 0 Å². The number of para-hydroxylation sites is 1. The van der Waals surface area contributed by atoms with Gasteiger partial charge in [0, 0.05) is 22.3 Å². The van der Waals surface area contributed by atoms with E-state index in [4.69, 9.17) is 11.6 Å². The zero-order valence-electron chi connectivity index (χ0n) is 11.8. The predicted octanol–water partition coefficient (Wildman–Crippen LogP) is 4.07. The van der Waals surface area contributed by atoms with Crippen molar-refractivity contribution in [2.75, 3.05) is 5.32 Å². The van der Waals surface area contributed by atoms with Crippen LogP contribution in [-0.2, 0) is 4.79 Å². The molecule has 0 aliphatic carbocycles. The van der Waals surface area contributed by atoms with Crippen molar-refractivity contribution in [2.45, 2.75) is 25.4 Å². The summed E-state index contributed by atoms with van der Waals surface area (Å²) in [6.45, 7) is 2.09. The van der Waals surface area contributed by atoms with Gasteiger partial charge in [0.25, 0.3) is 0 Å². The van der Waals surface area contributed by atoms with E-state index < -0.39 is 0 Å². The van der Waals surface area contributed by atoms with Gasteiger partial charge in [0.15, 0.2) is 0 Å². The van der Waals surface area contributed by atoms with E-state index >= 15 is 0 Å². The van der Waals surface area contributed by atoms with Crippen LogP contribution in [0, 0.1) is 0 Å². The molecule has 3 nitrogen and oxygen atoms in total. The Kier molecular flexibility index (Phi) is 3.95. The van der Waals surface area contributed by atoms with Gasteiger partial charge in [-0.15, -0.1) is 0 Å². The Morgan fingerprint density at radius 1 is 1.24 bits per heavy atom. The molecule has 2 aromatic carbocycles. The van der Waals surface area contributed by atoms with Crippen LogP contribution in [0.4, 0.5) is 5.69 Å². The Labute approximate surface area is 129 Å². The van der Waals surface area contributed by atoms with Gasteiger partial charge in [-0.2, -0.15) is 0 Å². The molecule has 1 heterocycles. The number of carbonyl (C=O) groups excluding carboxylic acids is 1. The predicted molar refractivity (Wildman–Crippen MR) is 85.4 cm³/mol. The summed E-state index contributed by atoms with van der Waals surface area (Å²) in [5, 5.41) is 7.07. The van der Waals surface area contributed by atoms with Crippen LogP contribution < -0.4 is 10.6 Å². The summed E-state index contributed by atoms with van der Waals surface area (Å²) in [5.41, 5.74) is 2.99. The van der Waals surface area contributed by atoms with Crippen molar-refractivity contribution in [1.29, 1.82) is 0 Å². The average Bonchev–Trinajstić information content (AvgIpc) is 2.80. The summed E-state index contributed by atoms with van der Waals surface area (Å²) >= 11 is 6.07. The second-order valence-electron chi connectivity index (χ2n) is 5.19. The number of amides is 1. The third-order valence-electron chi connectivity index (χ3n) is 3.82. The first kappa shape index (κ1) is 14.1. The number of hydrogen-bond acceptors (Lipinski definition) is 2. The first-order valence-electron chi connectivity index (χ1n) is 7.10. The maximum atomic E-state index is 12.2. The minimum absolute atomic E-state index is 0.00308. The highest BCUT2D eigenvalue weighted by atomic mass is 35.5. The number of rotatable bonds is 4. The summed E-state index contributed by atoms with van der Waals surface area (Å²) in [6, 6.07) is 15.3. The van der Waals surface area contributed by atoms with Crippen LogP contribution in [0.1, 0.15) is 36.6 Å². The normalized spacial score (nSPS) is 18.2. The molecule has 2 aromatic rings. The zero-order chi connectivity index (χ0) is 14.8. The summed E-state index contributed by atoms with van der Waals surface area (Å²) in [6.07, 6.45) is 0.881. The van der Waals surface area contributed by atoms with Gasteiger partial charge < -0.3 is 5.32 Å². The number of halogens is 1. The largest absolute Gasteiger partial charge is 0.324 e. The molecule has 0 fully saturated rings. The molecule has 0 bridgehead atoms. The lowest BCUT2D eigenvalue weighted by Crippen LogP contribution is -2.31. The van der Waals surface area contributed by atoms with Crippen molar-refractivity contribution in [3.63, 3.8) is 0 Å². The Morgan fingerprint density at radius 2 is 2.05 bits per heavy atom. The summed E-state index contributed by atoms with van der Waals surface area (Å²) in [4.78, 5) is 12.2. The fourth-order valence-electron chi connectivity index (χ4n) is 2.75. The number of hydrogen-bond donors (Lipinski definition) is 2. The van der Waals surface area contributed by atoms with Crippen LogP contribution in [0.25, 0.3) is 0 Å². The molecule has 108 valence electrons. The summed E-state index contributed by atoms with van der Waals surface area (Å²) < 4.78 is 0. The second-order valence-corrected chi connectivity index (χ2v) is 5.63. The molecule has 0 radical (unpaired) electrons. The number of nitrogens with one attached hydrogen (secondary N) is 2. The van der Waals surface area contributed by atoms with Gasteiger partial charge in [0.1, 0.15) is 6.04 Å². The molecule has 4 heteroatoms. The second kappa shape index (κ2) is 5.88.